The zero-order valence-electron chi connectivity index (χ0n) is 13.8. The molecular weight excluding hydrogens is 280 g/mol. The van der Waals surface area contributed by atoms with E-state index in [0.29, 0.717) is 5.41 Å². The lowest BCUT2D eigenvalue weighted by atomic mass is 9.70. The number of ether oxygens (including phenoxy) is 1. The lowest BCUT2D eigenvalue weighted by Gasteiger charge is -2.36. The van der Waals surface area contributed by atoms with Gasteiger partial charge in [0, 0.05) is 11.8 Å². The number of hydrogen-bond donors (Lipinski definition) is 2. The zero-order valence-corrected chi connectivity index (χ0v) is 13.8. The largest absolute Gasteiger partial charge is 0.411 e. The topological polar surface area (TPSA) is 85.4 Å². The lowest BCUT2D eigenvalue weighted by Crippen LogP contribution is -2.35. The van der Waals surface area contributed by atoms with Crippen LogP contribution >= 0.6 is 0 Å². The Kier molecular flexibility index (Phi) is 4.47. The second-order valence-corrected chi connectivity index (χ2v) is 7.17. The van der Waals surface area contributed by atoms with Crippen LogP contribution in [0.3, 0.4) is 0 Å². The Morgan fingerprint density at radius 1 is 1.45 bits per heavy atom. The minimum atomic E-state index is -0.841. The molecule has 1 heterocycles. The SMILES string of the molecule is CC1(C)C2CCC1(C)C(O)C2.Cc1cccnc1OC(N)=O. The number of aryl methyl sites for hydroxylation is 1. The molecule has 0 spiro atoms. The van der Waals surface area contributed by atoms with E-state index >= 15 is 0 Å². The standard InChI is InChI=1S/C10H18O.C7H8N2O2/c1-9(2)7-4-5-10(9,3)8(11)6-7;1-5-3-2-4-9-6(5)11-7(8)10/h7-8,11H,4-6H2,1-3H3;2-4H,1H3,(H2,8,10). The van der Waals surface area contributed by atoms with E-state index in [1.807, 2.05) is 0 Å². The molecule has 1 amide bonds. The van der Waals surface area contributed by atoms with Crippen LogP contribution in [0, 0.1) is 23.7 Å². The first kappa shape index (κ1) is 16.7. The Bertz CT molecular complexity index is 559. The number of fused-ring (bicyclic) bond motifs is 2. The number of amides is 1. The Morgan fingerprint density at radius 3 is 2.50 bits per heavy atom. The average molecular weight is 306 g/mol. The van der Waals surface area contributed by atoms with Crippen molar-refractivity contribution in [3.63, 3.8) is 0 Å². The molecule has 3 atom stereocenters. The van der Waals surface area contributed by atoms with Gasteiger partial charge in [-0.2, -0.15) is 0 Å². The molecule has 22 heavy (non-hydrogen) atoms. The Labute approximate surface area is 131 Å². The van der Waals surface area contributed by atoms with E-state index in [1.54, 1.807) is 19.1 Å². The molecule has 0 radical (unpaired) electrons. The molecule has 2 bridgehead atoms. The van der Waals surface area contributed by atoms with Crippen molar-refractivity contribution < 1.29 is 14.6 Å². The summed E-state index contributed by atoms with van der Waals surface area (Å²) >= 11 is 0. The van der Waals surface area contributed by atoms with Gasteiger partial charge in [-0.15, -0.1) is 0 Å². The van der Waals surface area contributed by atoms with Gasteiger partial charge in [0.05, 0.1) is 6.10 Å². The van der Waals surface area contributed by atoms with Crippen LogP contribution in [-0.2, 0) is 0 Å². The van der Waals surface area contributed by atoms with Crippen LogP contribution in [0.5, 0.6) is 5.88 Å². The molecule has 122 valence electrons. The maximum absolute atomic E-state index is 10.3. The van der Waals surface area contributed by atoms with Crippen molar-refractivity contribution in [3.05, 3.63) is 23.9 Å². The van der Waals surface area contributed by atoms with Gasteiger partial charge in [0.1, 0.15) is 0 Å². The molecular formula is C17H26N2O3. The minimum Gasteiger partial charge on any atom is -0.393 e. The van der Waals surface area contributed by atoms with Crippen molar-refractivity contribution in [1.29, 1.82) is 0 Å². The molecule has 2 aliphatic carbocycles. The third kappa shape index (κ3) is 2.82. The highest BCUT2D eigenvalue weighted by molar-refractivity contribution is 5.67. The second-order valence-electron chi connectivity index (χ2n) is 7.17. The maximum Gasteiger partial charge on any atom is 0.411 e. The fourth-order valence-electron chi connectivity index (χ4n) is 3.83. The number of aliphatic hydroxyl groups is 1. The second kappa shape index (κ2) is 5.88. The Morgan fingerprint density at radius 2 is 2.14 bits per heavy atom. The highest BCUT2D eigenvalue weighted by atomic mass is 16.6. The smallest absolute Gasteiger partial charge is 0.393 e. The highest BCUT2D eigenvalue weighted by Crippen LogP contribution is 2.65. The van der Waals surface area contributed by atoms with Gasteiger partial charge < -0.3 is 15.6 Å². The first-order chi connectivity index (χ1) is 10.2. The van der Waals surface area contributed by atoms with E-state index in [0.717, 1.165) is 17.9 Å². The number of rotatable bonds is 1. The number of primary amides is 1. The van der Waals surface area contributed by atoms with Crippen LogP contribution in [0.4, 0.5) is 4.79 Å². The predicted octanol–water partition coefficient (Wildman–Crippen LogP) is 3.04. The third-order valence-electron chi connectivity index (χ3n) is 5.91. The monoisotopic (exact) mass is 306 g/mol. The van der Waals surface area contributed by atoms with Gasteiger partial charge >= 0.3 is 6.09 Å². The van der Waals surface area contributed by atoms with Crippen molar-refractivity contribution >= 4 is 6.09 Å². The van der Waals surface area contributed by atoms with E-state index in [1.165, 1.54) is 19.0 Å². The van der Waals surface area contributed by atoms with Gasteiger partial charge in [0.25, 0.3) is 0 Å². The Balaban J connectivity index is 0.000000160. The molecule has 3 unspecified atom stereocenters. The molecule has 0 aromatic carbocycles. The number of nitrogens with zero attached hydrogens (tertiary/aromatic N) is 1. The van der Waals surface area contributed by atoms with Gasteiger partial charge in [-0.25, -0.2) is 9.78 Å². The lowest BCUT2D eigenvalue weighted by molar-refractivity contribution is 0.0126. The summed E-state index contributed by atoms with van der Waals surface area (Å²) in [6.45, 7) is 8.68. The van der Waals surface area contributed by atoms with E-state index < -0.39 is 6.09 Å². The summed E-state index contributed by atoms with van der Waals surface area (Å²) in [7, 11) is 0. The van der Waals surface area contributed by atoms with Crippen molar-refractivity contribution in [1.82, 2.24) is 4.98 Å². The number of aliphatic hydroxyl groups excluding tert-OH is 1. The first-order valence-corrected chi connectivity index (χ1v) is 7.75. The molecule has 5 heteroatoms. The number of pyridine rings is 1. The van der Waals surface area contributed by atoms with Crippen molar-refractivity contribution in [2.75, 3.05) is 0 Å². The molecule has 5 nitrogen and oxygen atoms in total. The van der Waals surface area contributed by atoms with Crippen LogP contribution in [-0.4, -0.2) is 22.3 Å². The maximum atomic E-state index is 10.3. The molecule has 1 aromatic rings. The van der Waals surface area contributed by atoms with Crippen LogP contribution in [0.2, 0.25) is 0 Å². The Hall–Kier alpha value is -1.62. The van der Waals surface area contributed by atoms with E-state index in [2.05, 4.69) is 30.5 Å². The third-order valence-corrected chi connectivity index (χ3v) is 5.91. The number of carbonyl (C=O) groups is 1. The fourth-order valence-corrected chi connectivity index (χ4v) is 3.83. The van der Waals surface area contributed by atoms with Crippen LogP contribution in [0.1, 0.15) is 45.6 Å². The van der Waals surface area contributed by atoms with Gasteiger partial charge in [-0.1, -0.05) is 26.8 Å². The fraction of sp³-hybridized carbons (Fsp3) is 0.647. The van der Waals surface area contributed by atoms with E-state index in [9.17, 15) is 9.90 Å². The quantitative estimate of drug-likeness (QED) is 0.835. The molecule has 3 N–H and O–H groups in total. The molecule has 2 fully saturated rings. The molecule has 0 aliphatic heterocycles. The van der Waals surface area contributed by atoms with Gasteiger partial charge in [0.2, 0.25) is 5.88 Å². The van der Waals surface area contributed by atoms with E-state index in [4.69, 9.17) is 5.73 Å². The summed E-state index contributed by atoms with van der Waals surface area (Å²) in [4.78, 5) is 14.1. The number of aromatic nitrogens is 1. The summed E-state index contributed by atoms with van der Waals surface area (Å²) in [5.74, 6) is 1.04. The number of nitrogens with two attached hydrogens (primary N) is 1. The minimum absolute atomic E-state index is 0.0313. The predicted molar refractivity (Wildman–Crippen MR) is 84.4 cm³/mol. The van der Waals surface area contributed by atoms with Crippen LogP contribution < -0.4 is 10.5 Å². The number of carbonyl (C=O) groups excluding carboxylic acids is 1. The van der Waals surface area contributed by atoms with Crippen LogP contribution in [0.15, 0.2) is 18.3 Å². The molecule has 1 aromatic heterocycles. The molecule has 3 rings (SSSR count). The molecule has 0 saturated heterocycles. The van der Waals surface area contributed by atoms with Crippen LogP contribution in [0.25, 0.3) is 0 Å². The van der Waals surface area contributed by atoms with Gasteiger partial charge in [0.15, 0.2) is 0 Å². The summed E-state index contributed by atoms with van der Waals surface area (Å²) in [6, 6.07) is 3.54. The summed E-state index contributed by atoms with van der Waals surface area (Å²) < 4.78 is 4.57. The van der Waals surface area contributed by atoms with Gasteiger partial charge in [-0.3, -0.25) is 0 Å². The normalized spacial score (nSPS) is 31.3. The summed E-state index contributed by atoms with van der Waals surface area (Å²) in [5, 5.41) is 9.81. The van der Waals surface area contributed by atoms with Crippen molar-refractivity contribution in [3.8, 4) is 5.88 Å². The first-order valence-electron chi connectivity index (χ1n) is 7.75. The summed E-state index contributed by atoms with van der Waals surface area (Å²) in [6.07, 6.45) is 4.27. The zero-order chi connectivity index (χ0) is 16.5. The molecule has 2 saturated carbocycles. The van der Waals surface area contributed by atoms with Crippen molar-refractivity contribution in [2.45, 2.75) is 53.1 Å². The number of hydrogen-bond acceptors (Lipinski definition) is 4. The highest BCUT2D eigenvalue weighted by Gasteiger charge is 2.60. The van der Waals surface area contributed by atoms with Crippen molar-refractivity contribution in [2.24, 2.45) is 22.5 Å². The summed E-state index contributed by atoms with van der Waals surface area (Å²) in [5.41, 5.74) is 6.18. The van der Waals surface area contributed by atoms with Gasteiger partial charge in [-0.05, 0) is 49.0 Å². The van der Waals surface area contributed by atoms with E-state index in [-0.39, 0.29) is 17.4 Å². The molecule has 2 aliphatic rings. The average Bonchev–Trinajstić information content (AvgIpc) is 2.75.